The van der Waals surface area contributed by atoms with E-state index >= 15 is 0 Å². The normalized spacial score (nSPS) is 16.9. The summed E-state index contributed by atoms with van der Waals surface area (Å²) in [5.41, 5.74) is 1.60. The molecule has 2 N–H and O–H groups in total. The molecule has 2 aromatic carbocycles. The van der Waals surface area contributed by atoms with E-state index in [0.717, 1.165) is 5.56 Å². The van der Waals surface area contributed by atoms with Gasteiger partial charge in [-0.3, -0.25) is 4.79 Å². The van der Waals surface area contributed by atoms with Gasteiger partial charge in [-0.2, -0.15) is 0 Å². The minimum atomic E-state index is -0.413. The van der Waals surface area contributed by atoms with Crippen molar-refractivity contribution in [2.75, 3.05) is 7.11 Å². The summed E-state index contributed by atoms with van der Waals surface area (Å²) < 4.78 is 4.65. The van der Waals surface area contributed by atoms with Crippen LogP contribution < -0.4 is 5.32 Å². The number of rotatable bonds is 3. The van der Waals surface area contributed by atoms with Gasteiger partial charge in [-0.1, -0.05) is 24.3 Å². The lowest BCUT2D eigenvalue weighted by atomic mass is 10.1. The maximum atomic E-state index is 12.1. The van der Waals surface area contributed by atoms with E-state index in [9.17, 15) is 14.7 Å². The van der Waals surface area contributed by atoms with Gasteiger partial charge in [0.2, 0.25) is 0 Å². The molecule has 25 heavy (non-hydrogen) atoms. The summed E-state index contributed by atoms with van der Waals surface area (Å²) in [6, 6.07) is 13.3. The second-order valence-corrected chi connectivity index (χ2v) is 6.11. The number of methoxy groups -OCH3 is 1. The summed E-state index contributed by atoms with van der Waals surface area (Å²) in [5.74, 6) is -0.638. The Bertz CT molecular complexity index is 888. The SMILES string of the molecule is COC(=O)c1ccc(C=C2SC(=Nc3ccccc3O)NC2=O)cc1. The molecule has 1 fully saturated rings. The fourth-order valence-corrected chi connectivity index (χ4v) is 2.97. The second-order valence-electron chi connectivity index (χ2n) is 5.08. The quantitative estimate of drug-likeness (QED) is 0.653. The van der Waals surface area contributed by atoms with Crippen molar-refractivity contribution in [1.29, 1.82) is 0 Å². The number of hydrogen-bond donors (Lipinski definition) is 2. The highest BCUT2D eigenvalue weighted by Crippen LogP contribution is 2.31. The minimum absolute atomic E-state index is 0.0423. The first-order valence-corrected chi connectivity index (χ1v) is 8.14. The van der Waals surface area contributed by atoms with Crippen LogP contribution >= 0.6 is 11.8 Å². The molecule has 0 radical (unpaired) electrons. The van der Waals surface area contributed by atoms with Crippen molar-refractivity contribution in [3.05, 3.63) is 64.6 Å². The Kier molecular flexibility index (Phi) is 4.85. The van der Waals surface area contributed by atoms with E-state index in [1.54, 1.807) is 48.5 Å². The zero-order valence-corrected chi connectivity index (χ0v) is 14.0. The number of phenols is 1. The number of amidine groups is 1. The predicted octanol–water partition coefficient (Wildman–Crippen LogP) is 3.07. The highest BCUT2D eigenvalue weighted by atomic mass is 32.2. The number of para-hydroxylation sites is 2. The monoisotopic (exact) mass is 354 g/mol. The molecule has 126 valence electrons. The highest BCUT2D eigenvalue weighted by Gasteiger charge is 2.24. The third-order valence-electron chi connectivity index (χ3n) is 3.38. The van der Waals surface area contributed by atoms with Crippen LogP contribution in [0.1, 0.15) is 15.9 Å². The van der Waals surface area contributed by atoms with Crippen LogP contribution in [-0.2, 0) is 9.53 Å². The van der Waals surface area contributed by atoms with E-state index in [-0.39, 0.29) is 11.7 Å². The first kappa shape index (κ1) is 16.8. The average Bonchev–Trinajstić information content (AvgIpc) is 2.96. The maximum absolute atomic E-state index is 12.1. The number of nitrogens with zero attached hydrogens (tertiary/aromatic N) is 1. The van der Waals surface area contributed by atoms with E-state index in [2.05, 4.69) is 15.0 Å². The molecule has 0 atom stereocenters. The summed E-state index contributed by atoms with van der Waals surface area (Å²) in [7, 11) is 1.32. The molecule has 0 unspecified atom stereocenters. The third kappa shape index (κ3) is 3.89. The molecule has 0 saturated carbocycles. The summed E-state index contributed by atoms with van der Waals surface area (Å²) in [4.78, 5) is 28.2. The molecule has 2 aromatic rings. The van der Waals surface area contributed by atoms with Crippen LogP contribution in [0.4, 0.5) is 5.69 Å². The second kappa shape index (κ2) is 7.23. The Balaban J connectivity index is 1.80. The van der Waals surface area contributed by atoms with Crippen LogP contribution in [0.3, 0.4) is 0 Å². The molecule has 1 aliphatic rings. The van der Waals surface area contributed by atoms with Crippen LogP contribution in [0.15, 0.2) is 58.4 Å². The number of ether oxygens (including phenoxy) is 1. The number of phenolic OH excluding ortho intramolecular Hbond substituents is 1. The average molecular weight is 354 g/mol. The fourth-order valence-electron chi connectivity index (χ4n) is 2.13. The Hall–Kier alpha value is -3.06. The van der Waals surface area contributed by atoms with Gasteiger partial charge in [-0.15, -0.1) is 0 Å². The lowest BCUT2D eigenvalue weighted by molar-refractivity contribution is -0.115. The van der Waals surface area contributed by atoms with Gasteiger partial charge < -0.3 is 15.2 Å². The molecule has 1 amide bonds. The number of amides is 1. The first-order chi connectivity index (χ1) is 12.1. The molecule has 3 rings (SSSR count). The van der Waals surface area contributed by atoms with Crippen molar-refractivity contribution in [2.24, 2.45) is 4.99 Å². The van der Waals surface area contributed by atoms with Crippen molar-refractivity contribution in [3.8, 4) is 5.75 Å². The number of thioether (sulfide) groups is 1. The van der Waals surface area contributed by atoms with E-state index < -0.39 is 5.97 Å². The van der Waals surface area contributed by atoms with Crippen molar-refractivity contribution in [1.82, 2.24) is 5.32 Å². The van der Waals surface area contributed by atoms with Crippen molar-refractivity contribution >= 4 is 40.6 Å². The standard InChI is InChI=1S/C18H14N2O4S/c1-24-17(23)12-8-6-11(7-9-12)10-15-16(22)20-18(25-15)19-13-4-2-3-5-14(13)21/h2-10,21H,1H3,(H,19,20,22). The lowest BCUT2D eigenvalue weighted by Gasteiger charge is -2.00. The zero-order valence-electron chi connectivity index (χ0n) is 13.2. The Labute approximate surface area is 148 Å². The lowest BCUT2D eigenvalue weighted by Crippen LogP contribution is -2.19. The topological polar surface area (TPSA) is 88.0 Å². The Morgan fingerprint density at radius 1 is 1.20 bits per heavy atom. The number of aliphatic imine (C=N–C) groups is 1. The number of carbonyl (C=O) groups is 2. The summed E-state index contributed by atoms with van der Waals surface area (Å²) in [6.45, 7) is 0. The Morgan fingerprint density at radius 2 is 1.92 bits per heavy atom. The molecule has 6 nitrogen and oxygen atoms in total. The number of nitrogens with one attached hydrogen (secondary N) is 1. The van der Waals surface area contributed by atoms with E-state index in [1.165, 1.54) is 24.9 Å². The fraction of sp³-hybridized carbons (Fsp3) is 0.0556. The van der Waals surface area contributed by atoms with Gasteiger partial charge in [0.05, 0.1) is 17.6 Å². The van der Waals surface area contributed by atoms with E-state index in [0.29, 0.717) is 21.3 Å². The van der Waals surface area contributed by atoms with Gasteiger partial charge in [-0.25, -0.2) is 9.79 Å². The first-order valence-electron chi connectivity index (χ1n) is 7.33. The van der Waals surface area contributed by atoms with Crippen LogP contribution in [0.5, 0.6) is 5.75 Å². The molecule has 7 heteroatoms. The van der Waals surface area contributed by atoms with Crippen LogP contribution in [0.25, 0.3) is 6.08 Å². The number of benzene rings is 2. The third-order valence-corrected chi connectivity index (χ3v) is 4.29. The zero-order chi connectivity index (χ0) is 17.8. The smallest absolute Gasteiger partial charge is 0.337 e. The van der Waals surface area contributed by atoms with Gasteiger partial charge >= 0.3 is 5.97 Å². The van der Waals surface area contributed by atoms with Gasteiger partial charge in [0.1, 0.15) is 11.4 Å². The van der Waals surface area contributed by atoms with Crippen LogP contribution in [0.2, 0.25) is 0 Å². The molecule has 0 spiro atoms. The molecule has 0 aromatic heterocycles. The predicted molar refractivity (Wildman–Crippen MR) is 96.7 cm³/mol. The van der Waals surface area contributed by atoms with E-state index in [4.69, 9.17) is 0 Å². The number of hydrogen-bond acceptors (Lipinski definition) is 6. The minimum Gasteiger partial charge on any atom is -0.506 e. The molecule has 0 bridgehead atoms. The highest BCUT2D eigenvalue weighted by molar-refractivity contribution is 8.18. The van der Waals surface area contributed by atoms with Crippen molar-refractivity contribution in [3.63, 3.8) is 0 Å². The number of carbonyl (C=O) groups excluding carboxylic acids is 2. The van der Waals surface area contributed by atoms with Gasteiger partial charge in [0.15, 0.2) is 5.17 Å². The molecule has 1 aliphatic heterocycles. The Morgan fingerprint density at radius 3 is 2.60 bits per heavy atom. The van der Waals surface area contributed by atoms with Crippen LogP contribution in [0, 0.1) is 0 Å². The maximum Gasteiger partial charge on any atom is 0.337 e. The van der Waals surface area contributed by atoms with Crippen molar-refractivity contribution in [2.45, 2.75) is 0 Å². The summed E-state index contributed by atoms with van der Waals surface area (Å²) >= 11 is 1.18. The molecular weight excluding hydrogens is 340 g/mol. The molecule has 1 saturated heterocycles. The number of aromatic hydroxyl groups is 1. The number of esters is 1. The summed E-state index contributed by atoms with van der Waals surface area (Å²) in [5, 5.41) is 12.8. The molecule has 0 aliphatic carbocycles. The summed E-state index contributed by atoms with van der Waals surface area (Å²) in [6.07, 6.45) is 1.70. The van der Waals surface area contributed by atoms with Gasteiger partial charge in [0.25, 0.3) is 5.91 Å². The van der Waals surface area contributed by atoms with E-state index in [1.807, 2.05) is 0 Å². The van der Waals surface area contributed by atoms with Gasteiger partial charge in [-0.05, 0) is 47.7 Å². The van der Waals surface area contributed by atoms with Crippen LogP contribution in [-0.4, -0.2) is 29.3 Å². The molecular formula is C18H14N2O4S. The van der Waals surface area contributed by atoms with Crippen molar-refractivity contribution < 1.29 is 19.4 Å². The molecule has 1 heterocycles. The largest absolute Gasteiger partial charge is 0.506 e. The van der Waals surface area contributed by atoms with Gasteiger partial charge in [0, 0.05) is 0 Å².